The van der Waals surface area contributed by atoms with Crippen molar-refractivity contribution >= 4 is 12.0 Å². The summed E-state index contributed by atoms with van der Waals surface area (Å²) in [5, 5.41) is 2.43. The van der Waals surface area contributed by atoms with E-state index in [1.807, 2.05) is 0 Å². The zero-order valence-corrected chi connectivity index (χ0v) is 11.6. The first-order valence-corrected chi connectivity index (χ1v) is 6.35. The number of amides is 2. The fourth-order valence-corrected chi connectivity index (χ4v) is 2.28. The maximum atomic E-state index is 14.0. The molecule has 0 saturated carbocycles. The first-order valence-electron chi connectivity index (χ1n) is 6.35. The minimum Gasteiger partial charge on any atom is -0.444 e. The molecular formula is C12H18F2N2O4. The number of fused-ring (bicyclic) bond motifs is 1. The summed E-state index contributed by atoms with van der Waals surface area (Å²) in [5.74, 6) is -3.69. The highest BCUT2D eigenvalue weighted by Gasteiger charge is 2.54. The number of rotatable bonds is 0. The molecule has 0 aliphatic carbocycles. The molecule has 0 radical (unpaired) electrons. The Balaban J connectivity index is 2.10. The molecule has 0 spiro atoms. The molecule has 0 aromatic carbocycles. The number of carbonyl (C=O) groups excluding carboxylic acids is 2. The lowest BCUT2D eigenvalue weighted by molar-refractivity contribution is -0.197. The fraction of sp³-hybridized carbons (Fsp3) is 0.833. The summed E-state index contributed by atoms with van der Waals surface area (Å²) in [6.07, 6.45) is -2.23. The predicted octanol–water partition coefficient (Wildman–Crippen LogP) is 0.756. The van der Waals surface area contributed by atoms with Crippen LogP contribution in [0.4, 0.5) is 13.6 Å². The lowest BCUT2D eigenvalue weighted by Gasteiger charge is -2.45. The summed E-state index contributed by atoms with van der Waals surface area (Å²) in [7, 11) is 0. The first-order chi connectivity index (χ1) is 9.08. The van der Waals surface area contributed by atoms with Crippen molar-refractivity contribution in [2.75, 3.05) is 19.7 Å². The Bertz CT molecular complexity index is 422. The summed E-state index contributed by atoms with van der Waals surface area (Å²) in [4.78, 5) is 24.0. The van der Waals surface area contributed by atoms with Crippen LogP contribution in [0.25, 0.3) is 0 Å². The second kappa shape index (κ2) is 4.83. The molecule has 2 aliphatic rings. The number of ether oxygens (including phenoxy) is 2. The van der Waals surface area contributed by atoms with Crippen LogP contribution in [0.5, 0.6) is 0 Å². The predicted molar refractivity (Wildman–Crippen MR) is 64.4 cm³/mol. The van der Waals surface area contributed by atoms with Gasteiger partial charge < -0.3 is 14.8 Å². The third kappa shape index (κ3) is 3.17. The van der Waals surface area contributed by atoms with Crippen LogP contribution >= 0.6 is 0 Å². The van der Waals surface area contributed by atoms with Crippen LogP contribution in [0.15, 0.2) is 0 Å². The smallest absolute Gasteiger partial charge is 0.410 e. The molecule has 2 aliphatic heterocycles. The van der Waals surface area contributed by atoms with Gasteiger partial charge in [0.15, 0.2) is 0 Å². The average molecular weight is 292 g/mol. The van der Waals surface area contributed by atoms with Crippen molar-refractivity contribution < 1.29 is 27.8 Å². The molecule has 2 atom stereocenters. The van der Waals surface area contributed by atoms with Gasteiger partial charge >= 0.3 is 6.09 Å². The van der Waals surface area contributed by atoms with Crippen LogP contribution < -0.4 is 5.32 Å². The quantitative estimate of drug-likeness (QED) is 0.715. The van der Waals surface area contributed by atoms with Crippen molar-refractivity contribution in [3.05, 3.63) is 0 Å². The van der Waals surface area contributed by atoms with Crippen molar-refractivity contribution in [2.45, 2.75) is 44.4 Å². The lowest BCUT2D eigenvalue weighted by atomic mass is 9.97. The summed E-state index contributed by atoms with van der Waals surface area (Å²) in [5.41, 5.74) is -0.768. The highest BCUT2D eigenvalue weighted by atomic mass is 19.3. The van der Waals surface area contributed by atoms with Gasteiger partial charge in [-0.05, 0) is 20.8 Å². The zero-order chi connectivity index (χ0) is 15.1. The number of alkyl halides is 2. The number of nitrogens with zero attached hydrogens (tertiary/aromatic N) is 1. The number of likely N-dealkylation sites (tertiary alicyclic amines) is 1. The molecule has 2 fully saturated rings. The van der Waals surface area contributed by atoms with E-state index in [1.165, 1.54) is 0 Å². The lowest BCUT2D eigenvalue weighted by Crippen LogP contribution is -2.69. The van der Waals surface area contributed by atoms with E-state index in [1.54, 1.807) is 20.8 Å². The topological polar surface area (TPSA) is 67.9 Å². The SMILES string of the molecule is CC(C)(C)OC(=O)N1C[C@@H]2NC(=O)CO[C@@H]2C(F)(F)C1. The Hall–Kier alpha value is -1.44. The number of piperidine rings is 1. The van der Waals surface area contributed by atoms with Crippen LogP contribution in [0, 0.1) is 0 Å². The van der Waals surface area contributed by atoms with Gasteiger partial charge in [-0.15, -0.1) is 0 Å². The van der Waals surface area contributed by atoms with E-state index in [0.29, 0.717) is 0 Å². The molecule has 2 amide bonds. The Labute approximate surface area is 115 Å². The van der Waals surface area contributed by atoms with Gasteiger partial charge in [0.2, 0.25) is 5.91 Å². The monoisotopic (exact) mass is 292 g/mol. The fourth-order valence-electron chi connectivity index (χ4n) is 2.28. The van der Waals surface area contributed by atoms with Crippen LogP contribution in [0.3, 0.4) is 0 Å². The van der Waals surface area contributed by atoms with Gasteiger partial charge in [-0.3, -0.25) is 9.69 Å². The number of nitrogens with one attached hydrogen (secondary N) is 1. The van der Waals surface area contributed by atoms with Crippen molar-refractivity contribution in [3.63, 3.8) is 0 Å². The van der Waals surface area contributed by atoms with Gasteiger partial charge in [0.05, 0.1) is 12.6 Å². The summed E-state index contributed by atoms with van der Waals surface area (Å²) >= 11 is 0. The largest absolute Gasteiger partial charge is 0.444 e. The third-order valence-corrected chi connectivity index (χ3v) is 2.99. The normalized spacial score (nSPS) is 29.4. The average Bonchev–Trinajstić information content (AvgIpc) is 2.24. The van der Waals surface area contributed by atoms with Crippen LogP contribution in [0.2, 0.25) is 0 Å². The molecule has 1 N–H and O–H groups in total. The molecule has 6 nitrogen and oxygen atoms in total. The molecule has 0 aromatic heterocycles. The van der Waals surface area contributed by atoms with E-state index in [4.69, 9.17) is 9.47 Å². The Morgan fingerprint density at radius 1 is 1.50 bits per heavy atom. The minimum absolute atomic E-state index is 0.0547. The van der Waals surface area contributed by atoms with Crippen LogP contribution in [-0.4, -0.2) is 60.3 Å². The van der Waals surface area contributed by atoms with Gasteiger partial charge in [-0.2, -0.15) is 0 Å². The van der Waals surface area contributed by atoms with Gasteiger partial charge in [-0.1, -0.05) is 0 Å². The first kappa shape index (κ1) is 15.0. The molecule has 0 aromatic rings. The van der Waals surface area contributed by atoms with E-state index >= 15 is 0 Å². The number of morpholine rings is 1. The molecule has 2 rings (SSSR count). The number of hydrogen-bond acceptors (Lipinski definition) is 4. The summed E-state index contributed by atoms with van der Waals surface area (Å²) in [6.45, 7) is 3.74. The zero-order valence-electron chi connectivity index (χ0n) is 11.6. The van der Waals surface area contributed by atoms with Crippen LogP contribution in [0.1, 0.15) is 20.8 Å². The van der Waals surface area contributed by atoms with E-state index < -0.39 is 42.2 Å². The number of hydrogen-bond donors (Lipinski definition) is 1. The van der Waals surface area contributed by atoms with Crippen molar-refractivity contribution in [1.29, 1.82) is 0 Å². The molecule has 2 heterocycles. The molecule has 20 heavy (non-hydrogen) atoms. The Morgan fingerprint density at radius 2 is 2.15 bits per heavy atom. The maximum Gasteiger partial charge on any atom is 0.410 e. The second-order valence-electron chi connectivity index (χ2n) is 6.03. The molecule has 0 unspecified atom stereocenters. The van der Waals surface area contributed by atoms with Crippen molar-refractivity contribution in [2.24, 2.45) is 0 Å². The van der Waals surface area contributed by atoms with Gasteiger partial charge in [-0.25, -0.2) is 13.6 Å². The molecule has 2 saturated heterocycles. The number of halogens is 2. The van der Waals surface area contributed by atoms with Crippen LogP contribution in [-0.2, 0) is 14.3 Å². The Morgan fingerprint density at radius 3 is 2.75 bits per heavy atom. The molecular weight excluding hydrogens is 274 g/mol. The molecule has 114 valence electrons. The second-order valence-corrected chi connectivity index (χ2v) is 6.03. The summed E-state index contributed by atoms with van der Waals surface area (Å²) in [6, 6.07) is -0.924. The van der Waals surface area contributed by atoms with Gasteiger partial charge in [0.1, 0.15) is 18.3 Å². The highest BCUT2D eigenvalue weighted by molar-refractivity contribution is 5.78. The maximum absolute atomic E-state index is 14.0. The van der Waals surface area contributed by atoms with Crippen molar-refractivity contribution in [1.82, 2.24) is 10.2 Å². The van der Waals surface area contributed by atoms with E-state index in [-0.39, 0.29) is 13.2 Å². The van der Waals surface area contributed by atoms with E-state index in [0.717, 1.165) is 4.90 Å². The van der Waals surface area contributed by atoms with E-state index in [2.05, 4.69) is 5.32 Å². The minimum atomic E-state index is -3.23. The standard InChI is InChI=1S/C12H18F2N2O4/c1-11(2,3)20-10(18)16-4-7-9(12(13,14)6-16)19-5-8(17)15-7/h7,9H,4-6H2,1-3H3,(H,15,17)/t7-,9-/m0/s1. The molecule has 0 bridgehead atoms. The summed E-state index contributed by atoms with van der Waals surface area (Å²) < 4.78 is 37.9. The van der Waals surface area contributed by atoms with E-state index in [9.17, 15) is 18.4 Å². The highest BCUT2D eigenvalue weighted by Crippen LogP contribution is 2.32. The van der Waals surface area contributed by atoms with Gasteiger partial charge in [0, 0.05) is 6.54 Å². The van der Waals surface area contributed by atoms with Crippen molar-refractivity contribution in [3.8, 4) is 0 Å². The van der Waals surface area contributed by atoms with Gasteiger partial charge in [0.25, 0.3) is 5.92 Å². The number of carbonyl (C=O) groups is 2. The molecule has 8 heteroatoms. The third-order valence-electron chi connectivity index (χ3n) is 2.99. The Kier molecular flexibility index (Phi) is 3.62.